The molecule has 19 heavy (non-hydrogen) atoms. The van der Waals surface area contributed by atoms with Gasteiger partial charge in [0.25, 0.3) is 0 Å². The van der Waals surface area contributed by atoms with Crippen molar-refractivity contribution in [3.63, 3.8) is 0 Å². The lowest BCUT2D eigenvalue weighted by molar-refractivity contribution is -0.0625. The van der Waals surface area contributed by atoms with Crippen LogP contribution < -0.4 is 0 Å². The maximum Gasteiger partial charge on any atom is 0.0734 e. The molecule has 0 fully saturated rings. The van der Waals surface area contributed by atoms with E-state index in [2.05, 4.69) is 58.5 Å². The van der Waals surface area contributed by atoms with Gasteiger partial charge in [0, 0.05) is 6.04 Å². The van der Waals surface area contributed by atoms with Crippen molar-refractivity contribution >= 4 is 0 Å². The molecule has 0 radical (unpaired) electrons. The molecular formula is C17H38N2. The van der Waals surface area contributed by atoms with Crippen LogP contribution >= 0.6 is 0 Å². The van der Waals surface area contributed by atoms with Gasteiger partial charge in [-0.3, -0.25) is 9.80 Å². The third kappa shape index (κ3) is 5.43. The van der Waals surface area contributed by atoms with E-state index < -0.39 is 0 Å². The van der Waals surface area contributed by atoms with Gasteiger partial charge in [-0.05, 0) is 53.8 Å². The zero-order valence-corrected chi connectivity index (χ0v) is 14.6. The molecule has 0 aromatic rings. The molecule has 0 rings (SSSR count). The van der Waals surface area contributed by atoms with Crippen LogP contribution in [0.15, 0.2) is 0 Å². The van der Waals surface area contributed by atoms with Crippen LogP contribution in [0.2, 0.25) is 0 Å². The van der Waals surface area contributed by atoms with E-state index in [0.717, 1.165) is 0 Å². The van der Waals surface area contributed by atoms with Crippen molar-refractivity contribution in [3.05, 3.63) is 0 Å². The van der Waals surface area contributed by atoms with E-state index in [4.69, 9.17) is 0 Å². The molecule has 0 saturated heterocycles. The summed E-state index contributed by atoms with van der Waals surface area (Å²) in [4.78, 5) is 5.25. The molecular weight excluding hydrogens is 232 g/mol. The summed E-state index contributed by atoms with van der Waals surface area (Å²) in [6, 6.07) is 0.604. The molecule has 0 spiro atoms. The molecule has 2 heteroatoms. The van der Waals surface area contributed by atoms with Gasteiger partial charge < -0.3 is 0 Å². The molecule has 0 aromatic carbocycles. The molecule has 1 atom stereocenters. The Morgan fingerprint density at radius 3 is 1.84 bits per heavy atom. The summed E-state index contributed by atoms with van der Waals surface area (Å²) >= 11 is 0. The Hall–Kier alpha value is -0.0800. The van der Waals surface area contributed by atoms with E-state index in [0.29, 0.717) is 6.04 Å². The van der Waals surface area contributed by atoms with Gasteiger partial charge in [-0.1, -0.05) is 46.5 Å². The van der Waals surface area contributed by atoms with E-state index in [1.807, 2.05) is 0 Å². The number of unbranched alkanes of at least 4 members (excludes halogenated alkanes) is 2. The Morgan fingerprint density at radius 1 is 0.842 bits per heavy atom. The normalized spacial score (nSPS) is 15.5. The quantitative estimate of drug-likeness (QED) is 0.500. The number of hydrogen-bond acceptors (Lipinski definition) is 2. The van der Waals surface area contributed by atoms with Crippen LogP contribution in [0.25, 0.3) is 0 Å². The van der Waals surface area contributed by atoms with Crippen molar-refractivity contribution in [3.8, 4) is 0 Å². The summed E-state index contributed by atoms with van der Waals surface area (Å²) in [6.07, 6.45) is 9.05. The van der Waals surface area contributed by atoms with Crippen molar-refractivity contribution in [1.29, 1.82) is 0 Å². The van der Waals surface area contributed by atoms with Crippen LogP contribution in [0.4, 0.5) is 0 Å². The first-order valence-corrected chi connectivity index (χ1v) is 8.40. The second kappa shape index (κ2) is 9.77. The van der Waals surface area contributed by atoms with Gasteiger partial charge in [0.15, 0.2) is 0 Å². The van der Waals surface area contributed by atoms with Crippen LogP contribution in [0.5, 0.6) is 0 Å². The molecule has 0 aliphatic heterocycles. The minimum Gasteiger partial charge on any atom is -0.288 e. The van der Waals surface area contributed by atoms with Gasteiger partial charge >= 0.3 is 0 Å². The molecule has 0 aromatic heterocycles. The van der Waals surface area contributed by atoms with Crippen molar-refractivity contribution in [2.24, 2.45) is 0 Å². The SMILES string of the molecule is CCCCN(C)C(CCC)(CCCC)N(C)C(C)C. The molecule has 0 amide bonds. The summed E-state index contributed by atoms with van der Waals surface area (Å²) in [7, 11) is 4.65. The summed E-state index contributed by atoms with van der Waals surface area (Å²) in [5, 5.41) is 0. The maximum absolute atomic E-state index is 2.63. The van der Waals surface area contributed by atoms with E-state index in [1.54, 1.807) is 0 Å². The van der Waals surface area contributed by atoms with E-state index >= 15 is 0 Å². The van der Waals surface area contributed by atoms with Crippen LogP contribution in [-0.4, -0.2) is 42.1 Å². The average molecular weight is 271 g/mol. The van der Waals surface area contributed by atoms with Crippen LogP contribution in [0.1, 0.15) is 79.6 Å². The van der Waals surface area contributed by atoms with Gasteiger partial charge in [0.05, 0.1) is 5.66 Å². The molecule has 2 nitrogen and oxygen atoms in total. The minimum absolute atomic E-state index is 0.258. The highest BCUT2D eigenvalue weighted by Gasteiger charge is 2.37. The van der Waals surface area contributed by atoms with Gasteiger partial charge in [-0.25, -0.2) is 0 Å². The number of rotatable bonds is 11. The Balaban J connectivity index is 5.09. The van der Waals surface area contributed by atoms with Crippen molar-refractivity contribution in [2.75, 3.05) is 20.6 Å². The van der Waals surface area contributed by atoms with E-state index in [1.165, 1.54) is 51.5 Å². The van der Waals surface area contributed by atoms with E-state index in [9.17, 15) is 0 Å². The lowest BCUT2D eigenvalue weighted by Crippen LogP contribution is -2.60. The Kier molecular flexibility index (Phi) is 9.72. The molecule has 0 heterocycles. The molecule has 0 aliphatic rings. The first-order valence-electron chi connectivity index (χ1n) is 8.40. The highest BCUT2D eigenvalue weighted by molar-refractivity contribution is 4.89. The molecule has 116 valence electrons. The van der Waals surface area contributed by atoms with Gasteiger partial charge in [0.2, 0.25) is 0 Å². The fraction of sp³-hybridized carbons (Fsp3) is 1.00. The lowest BCUT2D eigenvalue weighted by atomic mass is 9.92. The Morgan fingerprint density at radius 2 is 1.42 bits per heavy atom. The number of hydrogen-bond donors (Lipinski definition) is 0. The second-order valence-corrected chi connectivity index (χ2v) is 6.32. The zero-order chi connectivity index (χ0) is 14.9. The largest absolute Gasteiger partial charge is 0.288 e. The second-order valence-electron chi connectivity index (χ2n) is 6.32. The van der Waals surface area contributed by atoms with Crippen molar-refractivity contribution in [1.82, 2.24) is 9.80 Å². The smallest absolute Gasteiger partial charge is 0.0734 e. The minimum atomic E-state index is 0.258. The molecule has 0 aliphatic carbocycles. The predicted molar refractivity (Wildman–Crippen MR) is 87.6 cm³/mol. The first kappa shape index (κ1) is 18.9. The molecule has 0 bridgehead atoms. The zero-order valence-electron chi connectivity index (χ0n) is 14.6. The average Bonchev–Trinajstić information content (AvgIpc) is 2.39. The van der Waals surface area contributed by atoms with Gasteiger partial charge in [0.1, 0.15) is 0 Å². The number of nitrogens with zero attached hydrogens (tertiary/aromatic N) is 2. The molecule has 0 N–H and O–H groups in total. The fourth-order valence-electron chi connectivity index (χ4n) is 3.07. The fourth-order valence-corrected chi connectivity index (χ4v) is 3.07. The highest BCUT2D eigenvalue weighted by atomic mass is 15.4. The molecule has 1 unspecified atom stereocenters. The summed E-state index contributed by atoms with van der Waals surface area (Å²) in [6.45, 7) is 12.8. The first-order chi connectivity index (χ1) is 8.96. The Bertz CT molecular complexity index is 215. The Labute approximate surface area is 122 Å². The van der Waals surface area contributed by atoms with Crippen LogP contribution in [-0.2, 0) is 0 Å². The highest BCUT2D eigenvalue weighted by Crippen LogP contribution is 2.31. The summed E-state index contributed by atoms with van der Waals surface area (Å²) < 4.78 is 0. The summed E-state index contributed by atoms with van der Waals surface area (Å²) in [5.74, 6) is 0. The standard InChI is InChI=1S/C17H38N2/c1-8-11-14-17(13-10-3,19(7)16(4)5)18(6)15-12-9-2/h16H,8-15H2,1-7H3. The van der Waals surface area contributed by atoms with Gasteiger partial charge in [-0.15, -0.1) is 0 Å². The monoisotopic (exact) mass is 270 g/mol. The summed E-state index contributed by atoms with van der Waals surface area (Å²) in [5.41, 5.74) is 0.258. The molecule has 0 saturated carbocycles. The van der Waals surface area contributed by atoms with Crippen LogP contribution in [0, 0.1) is 0 Å². The van der Waals surface area contributed by atoms with Crippen LogP contribution in [0.3, 0.4) is 0 Å². The van der Waals surface area contributed by atoms with Crippen molar-refractivity contribution in [2.45, 2.75) is 91.3 Å². The van der Waals surface area contributed by atoms with E-state index in [-0.39, 0.29) is 5.66 Å². The third-order valence-corrected chi connectivity index (χ3v) is 4.57. The topological polar surface area (TPSA) is 6.48 Å². The van der Waals surface area contributed by atoms with Crippen molar-refractivity contribution < 1.29 is 0 Å². The predicted octanol–water partition coefficient (Wildman–Crippen LogP) is 4.75. The lowest BCUT2D eigenvalue weighted by Gasteiger charge is -2.50. The third-order valence-electron chi connectivity index (χ3n) is 4.57. The van der Waals surface area contributed by atoms with Gasteiger partial charge in [-0.2, -0.15) is 0 Å². The maximum atomic E-state index is 2.63.